The van der Waals surface area contributed by atoms with Crippen LogP contribution in [0.25, 0.3) is 0 Å². The average molecular weight is 386 g/mol. The van der Waals surface area contributed by atoms with Gasteiger partial charge < -0.3 is 24.0 Å². The quantitative estimate of drug-likeness (QED) is 0.753. The van der Waals surface area contributed by atoms with Crippen LogP contribution >= 0.6 is 0 Å². The topological polar surface area (TPSA) is 77.0 Å². The summed E-state index contributed by atoms with van der Waals surface area (Å²) >= 11 is 0. The molecular formula is C20H26N4O4. The summed E-state index contributed by atoms with van der Waals surface area (Å²) in [6.07, 6.45) is 1.62. The number of carbonyl (C=O) groups is 1. The van der Waals surface area contributed by atoms with E-state index in [-0.39, 0.29) is 12.0 Å². The zero-order valence-corrected chi connectivity index (χ0v) is 16.7. The lowest BCUT2D eigenvalue weighted by Gasteiger charge is -2.32. The minimum Gasteiger partial charge on any atom is -0.493 e. The summed E-state index contributed by atoms with van der Waals surface area (Å²) in [5.74, 6) is 2.31. The molecule has 0 bridgehead atoms. The van der Waals surface area contributed by atoms with E-state index in [1.807, 2.05) is 25.1 Å². The summed E-state index contributed by atoms with van der Waals surface area (Å²) in [5.41, 5.74) is 0.563. The van der Waals surface area contributed by atoms with Crippen molar-refractivity contribution in [2.24, 2.45) is 0 Å². The van der Waals surface area contributed by atoms with E-state index in [0.29, 0.717) is 36.0 Å². The first-order chi connectivity index (χ1) is 13.5. The van der Waals surface area contributed by atoms with Crippen molar-refractivity contribution < 1.29 is 19.0 Å². The third-order valence-electron chi connectivity index (χ3n) is 4.67. The number of benzene rings is 1. The highest BCUT2D eigenvalue weighted by Crippen LogP contribution is 2.28. The van der Waals surface area contributed by atoms with Gasteiger partial charge in [0.15, 0.2) is 17.3 Å². The van der Waals surface area contributed by atoms with Gasteiger partial charge in [-0.25, -0.2) is 0 Å². The number of amides is 1. The maximum absolute atomic E-state index is 12.9. The third-order valence-corrected chi connectivity index (χ3v) is 4.67. The van der Waals surface area contributed by atoms with Crippen LogP contribution in [-0.2, 0) is 0 Å². The molecule has 3 rings (SSSR count). The molecule has 0 spiro atoms. The predicted molar refractivity (Wildman–Crippen MR) is 105 cm³/mol. The number of nitrogens with zero attached hydrogens (tertiary/aromatic N) is 4. The molecule has 150 valence electrons. The van der Waals surface area contributed by atoms with Gasteiger partial charge in [-0.1, -0.05) is 0 Å². The Kier molecular flexibility index (Phi) is 6.18. The second-order valence-electron chi connectivity index (χ2n) is 6.83. The number of piperidine rings is 1. The predicted octanol–water partition coefficient (Wildman–Crippen LogP) is 2.24. The summed E-state index contributed by atoms with van der Waals surface area (Å²) in [5, 5.41) is 8.24. The van der Waals surface area contributed by atoms with Gasteiger partial charge in [0, 0.05) is 32.3 Å². The Morgan fingerprint density at radius 3 is 2.54 bits per heavy atom. The Bertz CT molecular complexity index is 810. The zero-order chi connectivity index (χ0) is 20.1. The van der Waals surface area contributed by atoms with E-state index in [1.165, 1.54) is 0 Å². The summed E-state index contributed by atoms with van der Waals surface area (Å²) in [6.45, 7) is 1.20. The molecule has 1 atom stereocenters. The summed E-state index contributed by atoms with van der Waals surface area (Å²) < 4.78 is 16.5. The second-order valence-corrected chi connectivity index (χ2v) is 6.83. The van der Waals surface area contributed by atoms with Crippen LogP contribution in [0.1, 0.15) is 23.2 Å². The first-order valence-electron chi connectivity index (χ1n) is 9.21. The van der Waals surface area contributed by atoms with E-state index in [2.05, 4.69) is 10.2 Å². The van der Waals surface area contributed by atoms with Gasteiger partial charge in [0.1, 0.15) is 6.10 Å². The maximum atomic E-state index is 12.9. The molecule has 0 saturated carbocycles. The number of ether oxygens (including phenoxy) is 3. The molecular weight excluding hydrogens is 360 g/mol. The van der Waals surface area contributed by atoms with Gasteiger partial charge in [-0.3, -0.25) is 4.79 Å². The number of anilines is 1. The van der Waals surface area contributed by atoms with Crippen LogP contribution in [0, 0.1) is 0 Å². The van der Waals surface area contributed by atoms with Crippen LogP contribution in [0.4, 0.5) is 5.82 Å². The van der Waals surface area contributed by atoms with Crippen LogP contribution in [0.5, 0.6) is 17.4 Å². The molecule has 1 unspecified atom stereocenters. The van der Waals surface area contributed by atoms with Gasteiger partial charge in [0.2, 0.25) is 5.88 Å². The van der Waals surface area contributed by atoms with Crippen molar-refractivity contribution in [1.82, 2.24) is 15.1 Å². The molecule has 0 aliphatic carbocycles. The minimum atomic E-state index is -0.114. The number of carbonyl (C=O) groups excluding carboxylic acids is 1. The number of likely N-dealkylation sites (tertiary alicyclic amines) is 1. The standard InChI is InChI=1S/C20H26N4O4/c1-23(2)18-9-10-19(22-21-18)28-15-6-5-11-24(13-15)20(25)14-7-8-16(26-3)17(12-14)27-4/h7-10,12,15H,5-6,11,13H2,1-4H3. The molecule has 1 amide bonds. The first-order valence-corrected chi connectivity index (χ1v) is 9.21. The van der Waals surface area contributed by atoms with Crippen LogP contribution in [0.3, 0.4) is 0 Å². The van der Waals surface area contributed by atoms with Crippen molar-refractivity contribution in [2.75, 3.05) is 46.3 Å². The van der Waals surface area contributed by atoms with Crippen molar-refractivity contribution in [2.45, 2.75) is 18.9 Å². The Labute approximate surface area is 165 Å². The van der Waals surface area contributed by atoms with Crippen molar-refractivity contribution >= 4 is 11.7 Å². The highest BCUT2D eigenvalue weighted by Gasteiger charge is 2.26. The number of hydrogen-bond donors (Lipinski definition) is 0. The molecule has 1 saturated heterocycles. The SMILES string of the molecule is COc1ccc(C(=O)N2CCCC(Oc3ccc(N(C)C)nn3)C2)cc1OC. The fraction of sp³-hybridized carbons (Fsp3) is 0.450. The van der Waals surface area contributed by atoms with Crippen molar-refractivity contribution in [3.8, 4) is 17.4 Å². The monoisotopic (exact) mass is 386 g/mol. The summed E-state index contributed by atoms with van der Waals surface area (Å²) in [7, 11) is 6.94. The molecule has 1 fully saturated rings. The van der Waals surface area contributed by atoms with E-state index < -0.39 is 0 Å². The molecule has 28 heavy (non-hydrogen) atoms. The van der Waals surface area contributed by atoms with Crippen LogP contribution in [-0.4, -0.2) is 68.5 Å². The molecule has 8 nitrogen and oxygen atoms in total. The molecule has 2 heterocycles. The molecule has 1 aliphatic heterocycles. The maximum Gasteiger partial charge on any atom is 0.254 e. The lowest BCUT2D eigenvalue weighted by atomic mass is 10.1. The zero-order valence-electron chi connectivity index (χ0n) is 16.7. The van der Waals surface area contributed by atoms with Crippen molar-refractivity contribution in [1.29, 1.82) is 0 Å². The number of methoxy groups -OCH3 is 2. The minimum absolute atomic E-state index is 0.0525. The number of aromatic nitrogens is 2. The molecule has 0 radical (unpaired) electrons. The molecule has 1 aliphatic rings. The van der Waals surface area contributed by atoms with Gasteiger partial charge in [-0.05, 0) is 37.1 Å². The first kappa shape index (κ1) is 19.7. The van der Waals surface area contributed by atoms with E-state index >= 15 is 0 Å². The van der Waals surface area contributed by atoms with Crippen LogP contribution < -0.4 is 19.1 Å². The van der Waals surface area contributed by atoms with E-state index in [0.717, 1.165) is 18.7 Å². The normalized spacial score (nSPS) is 16.4. The highest BCUT2D eigenvalue weighted by atomic mass is 16.5. The Morgan fingerprint density at radius 2 is 1.89 bits per heavy atom. The number of hydrogen-bond acceptors (Lipinski definition) is 7. The summed E-state index contributed by atoms with van der Waals surface area (Å²) in [6, 6.07) is 8.86. The van der Waals surface area contributed by atoms with Crippen LogP contribution in [0.2, 0.25) is 0 Å². The van der Waals surface area contributed by atoms with Crippen molar-refractivity contribution in [3.63, 3.8) is 0 Å². The largest absolute Gasteiger partial charge is 0.493 e. The molecule has 1 aromatic heterocycles. The van der Waals surface area contributed by atoms with Gasteiger partial charge in [0.05, 0.1) is 20.8 Å². The second kappa shape index (κ2) is 8.77. The van der Waals surface area contributed by atoms with Crippen LogP contribution in [0.15, 0.2) is 30.3 Å². The lowest BCUT2D eigenvalue weighted by molar-refractivity contribution is 0.0525. The van der Waals surface area contributed by atoms with Gasteiger partial charge in [0.25, 0.3) is 5.91 Å². The fourth-order valence-corrected chi connectivity index (χ4v) is 3.16. The van der Waals surface area contributed by atoms with Gasteiger partial charge >= 0.3 is 0 Å². The number of rotatable bonds is 6. The van der Waals surface area contributed by atoms with E-state index in [1.54, 1.807) is 43.4 Å². The molecule has 8 heteroatoms. The third kappa shape index (κ3) is 4.44. The fourth-order valence-electron chi connectivity index (χ4n) is 3.16. The summed E-state index contributed by atoms with van der Waals surface area (Å²) in [4.78, 5) is 16.6. The van der Waals surface area contributed by atoms with E-state index in [4.69, 9.17) is 14.2 Å². The Hall–Kier alpha value is -3.03. The molecule has 0 N–H and O–H groups in total. The average Bonchev–Trinajstić information content (AvgIpc) is 2.73. The Balaban J connectivity index is 1.66. The highest BCUT2D eigenvalue weighted by molar-refractivity contribution is 5.95. The van der Waals surface area contributed by atoms with E-state index in [9.17, 15) is 4.79 Å². The van der Waals surface area contributed by atoms with Gasteiger partial charge in [-0.2, -0.15) is 0 Å². The smallest absolute Gasteiger partial charge is 0.254 e. The Morgan fingerprint density at radius 1 is 1.11 bits per heavy atom. The van der Waals surface area contributed by atoms with Gasteiger partial charge in [-0.15, -0.1) is 10.2 Å². The molecule has 1 aromatic carbocycles. The van der Waals surface area contributed by atoms with Crippen molar-refractivity contribution in [3.05, 3.63) is 35.9 Å². The molecule has 2 aromatic rings. The lowest BCUT2D eigenvalue weighted by Crippen LogP contribution is -2.44.